The molecule has 1 saturated heterocycles. The Bertz CT molecular complexity index is 786. The molecule has 24 heavy (non-hydrogen) atoms. The number of rotatable bonds is 4. The van der Waals surface area contributed by atoms with Crippen LogP contribution in [0, 0.1) is 5.82 Å². The highest BCUT2D eigenvalue weighted by Gasteiger charge is 2.31. The highest BCUT2D eigenvalue weighted by atomic mass is 19.1. The number of hydrogen-bond donors (Lipinski definition) is 0. The van der Waals surface area contributed by atoms with Gasteiger partial charge in [-0.25, -0.2) is 9.07 Å². The van der Waals surface area contributed by atoms with E-state index in [1.54, 1.807) is 17.0 Å². The molecule has 126 valence electrons. The van der Waals surface area contributed by atoms with Crippen LogP contribution in [-0.4, -0.2) is 27.1 Å². The minimum atomic E-state index is -0.289. The van der Waals surface area contributed by atoms with Gasteiger partial charge in [0.05, 0.1) is 6.04 Å². The minimum Gasteiger partial charge on any atom is -0.330 e. The van der Waals surface area contributed by atoms with Gasteiger partial charge in [0.25, 0.3) is 11.5 Å². The molecule has 0 N–H and O–H groups in total. The smallest absolute Gasteiger partial charge is 0.274 e. The molecular weight excluding hydrogens is 309 g/mol. The van der Waals surface area contributed by atoms with Crippen LogP contribution in [0.5, 0.6) is 0 Å². The highest BCUT2D eigenvalue weighted by Crippen LogP contribution is 2.32. The van der Waals surface area contributed by atoms with Crippen LogP contribution in [0.3, 0.4) is 0 Å². The van der Waals surface area contributed by atoms with Gasteiger partial charge < -0.3 is 4.90 Å². The van der Waals surface area contributed by atoms with Gasteiger partial charge in [0.2, 0.25) is 0 Å². The van der Waals surface area contributed by atoms with Crippen molar-refractivity contribution >= 4 is 5.91 Å². The number of aryl methyl sites for hydroxylation is 1. The maximum atomic E-state index is 13.1. The molecule has 6 heteroatoms. The van der Waals surface area contributed by atoms with Gasteiger partial charge in [-0.1, -0.05) is 19.1 Å². The van der Waals surface area contributed by atoms with Crippen molar-refractivity contribution in [2.45, 2.75) is 38.8 Å². The van der Waals surface area contributed by atoms with Gasteiger partial charge >= 0.3 is 0 Å². The van der Waals surface area contributed by atoms with Gasteiger partial charge in [0.15, 0.2) is 0 Å². The summed E-state index contributed by atoms with van der Waals surface area (Å²) in [6, 6.07) is 9.06. The second-order valence-corrected chi connectivity index (χ2v) is 5.99. The topological polar surface area (TPSA) is 55.2 Å². The van der Waals surface area contributed by atoms with E-state index in [-0.39, 0.29) is 29.0 Å². The third kappa shape index (κ3) is 3.22. The molecule has 5 nitrogen and oxygen atoms in total. The van der Waals surface area contributed by atoms with Crippen LogP contribution in [0.15, 0.2) is 41.2 Å². The molecule has 1 aliphatic heterocycles. The maximum Gasteiger partial charge on any atom is 0.274 e. The lowest BCUT2D eigenvalue weighted by atomic mass is 10.0. The first-order valence-electron chi connectivity index (χ1n) is 8.24. The van der Waals surface area contributed by atoms with E-state index in [1.807, 2.05) is 6.92 Å². The fraction of sp³-hybridized carbons (Fsp3) is 0.389. The highest BCUT2D eigenvalue weighted by molar-refractivity contribution is 5.92. The van der Waals surface area contributed by atoms with Gasteiger partial charge in [0.1, 0.15) is 11.5 Å². The SMILES string of the molecule is CCCn1nc(C(=O)N2CCCC2c2ccc(F)cc2)ccc1=O. The summed E-state index contributed by atoms with van der Waals surface area (Å²) < 4.78 is 14.5. The number of benzene rings is 1. The van der Waals surface area contributed by atoms with Crippen molar-refractivity contribution < 1.29 is 9.18 Å². The summed E-state index contributed by atoms with van der Waals surface area (Å²) in [5.74, 6) is -0.477. The molecule has 0 aliphatic carbocycles. The van der Waals surface area contributed by atoms with Crippen LogP contribution >= 0.6 is 0 Å². The van der Waals surface area contributed by atoms with Crippen LogP contribution in [0.1, 0.15) is 48.3 Å². The molecule has 0 saturated carbocycles. The van der Waals surface area contributed by atoms with E-state index in [2.05, 4.69) is 5.10 Å². The summed E-state index contributed by atoms with van der Waals surface area (Å²) >= 11 is 0. The lowest BCUT2D eigenvalue weighted by molar-refractivity contribution is 0.0726. The fourth-order valence-corrected chi connectivity index (χ4v) is 3.12. The molecule has 2 aromatic rings. The number of hydrogen-bond acceptors (Lipinski definition) is 3. The van der Waals surface area contributed by atoms with Crippen LogP contribution in [0.25, 0.3) is 0 Å². The first-order valence-corrected chi connectivity index (χ1v) is 8.24. The summed E-state index contributed by atoms with van der Waals surface area (Å²) in [5, 5.41) is 4.20. The molecule has 1 aliphatic rings. The fourth-order valence-electron chi connectivity index (χ4n) is 3.12. The van der Waals surface area contributed by atoms with Crippen LogP contribution in [0.2, 0.25) is 0 Å². The standard InChI is InChI=1S/C18H20FN3O2/c1-2-11-22-17(23)10-9-15(20-22)18(24)21-12-3-4-16(21)13-5-7-14(19)8-6-13/h5-10,16H,2-4,11-12H2,1H3. The third-order valence-electron chi connectivity index (χ3n) is 4.29. The van der Waals surface area contributed by atoms with Crippen LogP contribution < -0.4 is 5.56 Å². The second-order valence-electron chi connectivity index (χ2n) is 5.99. The zero-order chi connectivity index (χ0) is 17.1. The van der Waals surface area contributed by atoms with E-state index in [4.69, 9.17) is 0 Å². The Morgan fingerprint density at radius 2 is 2.00 bits per heavy atom. The van der Waals surface area contributed by atoms with Gasteiger partial charge in [0, 0.05) is 19.2 Å². The number of nitrogens with zero attached hydrogens (tertiary/aromatic N) is 3. The largest absolute Gasteiger partial charge is 0.330 e. The predicted octanol–water partition coefficient (Wildman–Crippen LogP) is 2.77. The molecule has 3 rings (SSSR count). The third-order valence-corrected chi connectivity index (χ3v) is 4.29. The lowest BCUT2D eigenvalue weighted by Crippen LogP contribution is -2.33. The minimum absolute atomic E-state index is 0.0774. The van der Waals surface area contributed by atoms with Crippen LogP contribution in [-0.2, 0) is 6.54 Å². The number of halogens is 1. The molecule has 1 unspecified atom stereocenters. The van der Waals surface area contributed by atoms with E-state index >= 15 is 0 Å². The molecule has 1 aromatic heterocycles. The molecule has 2 heterocycles. The van der Waals surface area contributed by atoms with Gasteiger partial charge in [-0.2, -0.15) is 5.10 Å². The first kappa shape index (κ1) is 16.4. The van der Waals surface area contributed by atoms with Gasteiger partial charge in [-0.3, -0.25) is 9.59 Å². The molecule has 1 amide bonds. The summed E-state index contributed by atoms with van der Waals surface area (Å²) in [6.45, 7) is 3.07. The lowest BCUT2D eigenvalue weighted by Gasteiger charge is -2.25. The molecule has 0 radical (unpaired) electrons. The average Bonchev–Trinajstić information content (AvgIpc) is 3.07. The number of likely N-dealkylation sites (tertiary alicyclic amines) is 1. The normalized spacial score (nSPS) is 17.2. The van der Waals surface area contributed by atoms with Crippen molar-refractivity contribution in [1.29, 1.82) is 0 Å². The monoisotopic (exact) mass is 329 g/mol. The predicted molar refractivity (Wildman–Crippen MR) is 88.2 cm³/mol. The Morgan fingerprint density at radius 3 is 2.71 bits per heavy atom. The summed E-state index contributed by atoms with van der Waals surface area (Å²) in [7, 11) is 0. The summed E-state index contributed by atoms with van der Waals surface area (Å²) in [4.78, 5) is 26.4. The number of carbonyl (C=O) groups is 1. The van der Waals surface area contributed by atoms with E-state index in [0.717, 1.165) is 24.8 Å². The van der Waals surface area contributed by atoms with Crippen molar-refractivity contribution in [2.24, 2.45) is 0 Å². The van der Waals surface area contributed by atoms with E-state index in [9.17, 15) is 14.0 Å². The van der Waals surface area contributed by atoms with Crippen molar-refractivity contribution in [3.8, 4) is 0 Å². The zero-order valence-electron chi connectivity index (χ0n) is 13.6. The van der Waals surface area contributed by atoms with Gasteiger partial charge in [-0.15, -0.1) is 0 Å². The number of carbonyl (C=O) groups excluding carboxylic acids is 1. The first-order chi connectivity index (χ1) is 11.6. The van der Waals surface area contributed by atoms with E-state index < -0.39 is 0 Å². The quantitative estimate of drug-likeness (QED) is 0.867. The van der Waals surface area contributed by atoms with Crippen LogP contribution in [0.4, 0.5) is 4.39 Å². The van der Waals surface area contributed by atoms with Gasteiger partial charge in [-0.05, 0) is 43.0 Å². The van der Waals surface area contributed by atoms with Crippen molar-refractivity contribution in [1.82, 2.24) is 14.7 Å². The number of amides is 1. The Morgan fingerprint density at radius 1 is 1.25 bits per heavy atom. The number of aromatic nitrogens is 2. The Labute approximate surface area is 139 Å². The molecule has 1 fully saturated rings. The van der Waals surface area contributed by atoms with E-state index in [0.29, 0.717) is 13.1 Å². The molecule has 0 spiro atoms. The second kappa shape index (κ2) is 6.95. The summed E-state index contributed by atoms with van der Waals surface area (Å²) in [5.41, 5.74) is 0.992. The average molecular weight is 329 g/mol. The van der Waals surface area contributed by atoms with E-state index in [1.165, 1.54) is 28.9 Å². The molecule has 1 atom stereocenters. The van der Waals surface area contributed by atoms with Crippen molar-refractivity contribution in [3.63, 3.8) is 0 Å². The zero-order valence-corrected chi connectivity index (χ0v) is 13.6. The van der Waals surface area contributed by atoms with Crippen molar-refractivity contribution in [3.05, 3.63) is 63.8 Å². The Balaban J connectivity index is 1.87. The molecule has 0 bridgehead atoms. The Hall–Kier alpha value is -2.50. The molecular formula is C18H20FN3O2. The Kier molecular flexibility index (Phi) is 4.74. The van der Waals surface area contributed by atoms with Crippen molar-refractivity contribution in [2.75, 3.05) is 6.54 Å². The summed E-state index contributed by atoms with van der Waals surface area (Å²) in [6.07, 6.45) is 2.50. The maximum absolute atomic E-state index is 13.1. The molecule has 1 aromatic carbocycles.